The minimum Gasteiger partial charge on any atom is -0.497 e. The van der Waals surface area contributed by atoms with E-state index in [2.05, 4.69) is 9.97 Å². The predicted octanol–water partition coefficient (Wildman–Crippen LogP) is 9.70. The Hall–Kier alpha value is -5.38. The van der Waals surface area contributed by atoms with Crippen molar-refractivity contribution in [2.75, 3.05) is 37.1 Å². The lowest BCUT2D eigenvalue weighted by Crippen LogP contribution is -2.57. The van der Waals surface area contributed by atoms with Gasteiger partial charge in [0.2, 0.25) is 0 Å². The van der Waals surface area contributed by atoms with E-state index < -0.39 is 56.8 Å². The Morgan fingerprint density at radius 2 is 1.41 bits per heavy atom. The number of fused-ring (bicyclic) bond motifs is 3. The average molecular weight is 823 g/mol. The number of pyridine rings is 1. The van der Waals surface area contributed by atoms with E-state index in [1.54, 1.807) is 57.8 Å². The zero-order chi connectivity index (χ0) is 41.5. The van der Waals surface area contributed by atoms with E-state index in [1.807, 2.05) is 53.4 Å². The number of rotatable bonds is 10. The van der Waals surface area contributed by atoms with Crippen LogP contribution in [0, 0.1) is 18.8 Å². The number of hydrogen-bond donors (Lipinski definition) is 0. The van der Waals surface area contributed by atoms with Gasteiger partial charge < -0.3 is 24.0 Å². The van der Waals surface area contributed by atoms with Gasteiger partial charge in [-0.3, -0.25) is 4.90 Å². The number of aryl methyl sites for hydroxylation is 1. The maximum atomic E-state index is 17.1. The molecule has 2 aliphatic heterocycles. The number of halogens is 5. The molecule has 58 heavy (non-hydrogen) atoms. The minimum atomic E-state index is -4.82. The third kappa shape index (κ3) is 9.01. The van der Waals surface area contributed by atoms with Crippen molar-refractivity contribution < 1.29 is 41.0 Å². The van der Waals surface area contributed by atoms with Crippen molar-refractivity contribution >= 4 is 40.4 Å². The van der Waals surface area contributed by atoms with Crippen molar-refractivity contribution in [3.8, 4) is 22.8 Å². The van der Waals surface area contributed by atoms with E-state index in [4.69, 9.17) is 19.2 Å². The molecule has 7 rings (SSSR count). The van der Waals surface area contributed by atoms with Crippen molar-refractivity contribution in [3.63, 3.8) is 0 Å². The molecule has 3 aromatic carbocycles. The highest BCUT2D eigenvalue weighted by atomic mass is 32.2. The van der Waals surface area contributed by atoms with E-state index >= 15 is 8.78 Å². The van der Waals surface area contributed by atoms with Gasteiger partial charge in [0.15, 0.2) is 5.82 Å². The SMILES string of the molecule is COc1ccc(CN(Cc2ccc(OC)cc2)c2cc(C)cc(-c3c(SC(F)(F)F)cc4c(N5CC6CCC(C5)N6C(=O)OC(C)(C)C)nc(F)nc4c3F)n2)cc1. The van der Waals surface area contributed by atoms with Crippen LogP contribution in [0.3, 0.4) is 0 Å². The first-order chi connectivity index (χ1) is 27.5. The Kier molecular flexibility index (Phi) is 11.3. The van der Waals surface area contributed by atoms with Crippen LogP contribution in [0.15, 0.2) is 71.6 Å². The summed E-state index contributed by atoms with van der Waals surface area (Å²) in [7, 11) is 3.14. The molecular formula is C42H43F5N6O4S. The number of benzene rings is 3. The molecule has 16 heteroatoms. The number of carbonyl (C=O) groups is 1. The monoisotopic (exact) mass is 822 g/mol. The van der Waals surface area contributed by atoms with Crippen molar-refractivity contribution in [3.05, 3.63) is 95.3 Å². The maximum absolute atomic E-state index is 17.1. The van der Waals surface area contributed by atoms with Crippen LogP contribution in [0.2, 0.25) is 0 Å². The number of alkyl halides is 3. The molecule has 2 saturated heterocycles. The van der Waals surface area contributed by atoms with E-state index in [9.17, 15) is 18.0 Å². The molecule has 1 amide bonds. The Morgan fingerprint density at radius 1 is 0.845 bits per heavy atom. The van der Waals surface area contributed by atoms with Crippen LogP contribution < -0.4 is 19.3 Å². The number of ether oxygens (including phenoxy) is 3. The molecule has 0 radical (unpaired) electrons. The molecule has 2 aromatic heterocycles. The highest BCUT2D eigenvalue weighted by molar-refractivity contribution is 8.00. The summed E-state index contributed by atoms with van der Waals surface area (Å²) < 4.78 is 91.8. The lowest BCUT2D eigenvalue weighted by molar-refractivity contribution is -0.0328. The van der Waals surface area contributed by atoms with Crippen molar-refractivity contribution in [2.24, 2.45) is 0 Å². The summed E-state index contributed by atoms with van der Waals surface area (Å²) in [4.78, 5) is 30.5. The Morgan fingerprint density at radius 3 is 1.93 bits per heavy atom. The molecule has 306 valence electrons. The van der Waals surface area contributed by atoms with Crippen LogP contribution in [0.1, 0.15) is 50.3 Å². The number of carbonyl (C=O) groups excluding carboxylic acids is 1. The summed E-state index contributed by atoms with van der Waals surface area (Å²) in [5.74, 6) is 0.490. The Bertz CT molecular complexity index is 2240. The number of aromatic nitrogens is 3. The number of amides is 1. The summed E-state index contributed by atoms with van der Waals surface area (Å²) in [6, 6.07) is 18.6. The van der Waals surface area contributed by atoms with E-state index in [-0.39, 0.29) is 42.1 Å². The van der Waals surface area contributed by atoms with Crippen molar-refractivity contribution in [2.45, 2.75) is 81.7 Å². The van der Waals surface area contributed by atoms with Crippen molar-refractivity contribution in [1.82, 2.24) is 19.9 Å². The number of methoxy groups -OCH3 is 2. The molecule has 2 atom stereocenters. The van der Waals surface area contributed by atoms with Crippen LogP contribution >= 0.6 is 11.8 Å². The fraction of sp³-hybridized carbons (Fsp3) is 0.381. The van der Waals surface area contributed by atoms with Gasteiger partial charge in [-0.05, 0) is 111 Å². The third-order valence-electron chi connectivity index (χ3n) is 10.1. The zero-order valence-electron chi connectivity index (χ0n) is 32.9. The largest absolute Gasteiger partial charge is 0.497 e. The topological polar surface area (TPSA) is 93.2 Å². The van der Waals surface area contributed by atoms with Crippen LogP contribution in [0.4, 0.5) is 38.4 Å². The van der Waals surface area contributed by atoms with Gasteiger partial charge in [-0.1, -0.05) is 24.3 Å². The molecule has 10 nitrogen and oxygen atoms in total. The highest BCUT2D eigenvalue weighted by Gasteiger charge is 2.45. The van der Waals surface area contributed by atoms with Crippen molar-refractivity contribution in [1.29, 1.82) is 0 Å². The van der Waals surface area contributed by atoms with Gasteiger partial charge in [0.05, 0.1) is 37.6 Å². The Labute approximate surface area is 337 Å². The first-order valence-electron chi connectivity index (χ1n) is 18.7. The fourth-order valence-corrected chi connectivity index (χ4v) is 8.32. The second-order valence-electron chi connectivity index (χ2n) is 15.4. The summed E-state index contributed by atoms with van der Waals surface area (Å²) >= 11 is -0.489. The number of piperazine rings is 1. The number of thioether (sulfide) groups is 1. The molecule has 0 aliphatic carbocycles. The molecule has 0 N–H and O–H groups in total. The zero-order valence-corrected chi connectivity index (χ0v) is 33.7. The number of nitrogens with zero attached hydrogens (tertiary/aromatic N) is 6. The van der Waals surface area contributed by atoms with E-state index in [0.717, 1.165) is 11.1 Å². The van der Waals surface area contributed by atoms with Gasteiger partial charge in [0, 0.05) is 36.5 Å². The normalized spacial score (nSPS) is 16.8. The first kappa shape index (κ1) is 40.8. The summed E-state index contributed by atoms with van der Waals surface area (Å²) in [6.45, 7) is 8.10. The molecule has 4 heterocycles. The summed E-state index contributed by atoms with van der Waals surface area (Å²) in [5.41, 5.74) is -4.19. The Balaban J connectivity index is 1.31. The molecule has 0 saturated carbocycles. The molecule has 2 unspecified atom stereocenters. The third-order valence-corrected chi connectivity index (χ3v) is 10.8. The van der Waals surface area contributed by atoms with Crippen LogP contribution in [-0.4, -0.2) is 76.4 Å². The first-order valence-corrected chi connectivity index (χ1v) is 19.5. The number of anilines is 2. The van der Waals surface area contributed by atoms with Crippen LogP contribution in [0.5, 0.6) is 11.5 Å². The molecule has 0 spiro atoms. The number of hydrogen-bond acceptors (Lipinski definition) is 10. The maximum Gasteiger partial charge on any atom is 0.446 e. The van der Waals surface area contributed by atoms with Gasteiger partial charge in [-0.25, -0.2) is 14.2 Å². The van der Waals surface area contributed by atoms with Crippen LogP contribution in [0.25, 0.3) is 22.2 Å². The highest BCUT2D eigenvalue weighted by Crippen LogP contribution is 2.46. The summed E-state index contributed by atoms with van der Waals surface area (Å²) in [5, 5.41) is -0.0898. The molecule has 2 aliphatic rings. The van der Waals surface area contributed by atoms with Gasteiger partial charge in [0.1, 0.15) is 34.3 Å². The predicted molar refractivity (Wildman–Crippen MR) is 212 cm³/mol. The lowest BCUT2D eigenvalue weighted by atomic mass is 10.0. The van der Waals surface area contributed by atoms with Crippen LogP contribution in [-0.2, 0) is 17.8 Å². The van der Waals surface area contributed by atoms with E-state index in [1.165, 1.54) is 12.1 Å². The van der Waals surface area contributed by atoms with Gasteiger partial charge >= 0.3 is 17.7 Å². The molecule has 2 bridgehead atoms. The summed E-state index contributed by atoms with van der Waals surface area (Å²) in [6.07, 6.45) is -0.452. The van der Waals surface area contributed by atoms with Gasteiger partial charge in [-0.2, -0.15) is 27.5 Å². The van der Waals surface area contributed by atoms with Gasteiger partial charge in [-0.15, -0.1) is 0 Å². The molecule has 5 aromatic rings. The fourth-order valence-electron chi connectivity index (χ4n) is 7.59. The molecule has 2 fully saturated rings. The van der Waals surface area contributed by atoms with Gasteiger partial charge in [0.25, 0.3) is 0 Å². The smallest absolute Gasteiger partial charge is 0.446 e. The lowest BCUT2D eigenvalue weighted by Gasteiger charge is -2.42. The average Bonchev–Trinajstić information content (AvgIpc) is 3.43. The molecular weight excluding hydrogens is 780 g/mol. The second kappa shape index (κ2) is 16.1. The standard InChI is InChI=1S/C42H43F5N6O4S/c1-24-17-32(48-34(18-24)51(20-25-7-13-29(55-5)14-8-25)21-26-9-15-30(56-6)16-10-26)35-33(58-42(45,46)47)19-31-37(36(35)43)49-39(44)50-38(31)52-22-27-11-12-28(23-52)53(27)40(54)57-41(2,3)4/h7-10,13-19,27-28H,11-12,20-23H2,1-6H3. The second-order valence-corrected chi connectivity index (χ2v) is 16.5. The minimum absolute atomic E-state index is 0.0549. The van der Waals surface area contributed by atoms with E-state index in [0.29, 0.717) is 48.8 Å². The quantitative estimate of drug-likeness (QED) is 0.0771.